The molecule has 2 heterocycles. The minimum Gasteiger partial charge on any atom is -0.444 e. The quantitative estimate of drug-likeness (QED) is 0.731. The van der Waals surface area contributed by atoms with Crippen molar-refractivity contribution < 1.29 is 9.53 Å². The van der Waals surface area contributed by atoms with Crippen molar-refractivity contribution in [2.24, 2.45) is 0 Å². The summed E-state index contributed by atoms with van der Waals surface area (Å²) < 4.78 is 8.30. The Morgan fingerprint density at radius 2 is 2.18 bits per heavy atom. The van der Waals surface area contributed by atoms with Gasteiger partial charge in [-0.15, -0.1) is 0 Å². The van der Waals surface area contributed by atoms with Crippen LogP contribution in [0.25, 0.3) is 0 Å². The number of hydrogen-bond acceptors (Lipinski definition) is 3. The minimum atomic E-state index is -0.427. The van der Waals surface area contributed by atoms with Crippen LogP contribution in [0, 0.1) is 3.57 Å². The predicted molar refractivity (Wildman–Crippen MR) is 71.8 cm³/mol. The highest BCUT2D eigenvalue weighted by Gasteiger charge is 2.35. The minimum absolute atomic E-state index is 0.240. The maximum Gasteiger partial charge on any atom is 0.410 e. The summed E-state index contributed by atoms with van der Waals surface area (Å²) in [7, 11) is 0. The van der Waals surface area contributed by atoms with Gasteiger partial charge in [0.05, 0.1) is 15.8 Å². The average molecular weight is 349 g/mol. The molecule has 0 unspecified atom stereocenters. The molecule has 1 aromatic heterocycles. The van der Waals surface area contributed by atoms with Gasteiger partial charge in [-0.25, -0.2) is 4.79 Å². The summed E-state index contributed by atoms with van der Waals surface area (Å²) in [6.45, 7) is 6.97. The molecule has 0 spiro atoms. The predicted octanol–water partition coefficient (Wildman–Crippen LogP) is 2.28. The van der Waals surface area contributed by atoms with E-state index in [1.54, 1.807) is 4.90 Å². The zero-order valence-electron chi connectivity index (χ0n) is 10.2. The van der Waals surface area contributed by atoms with E-state index in [9.17, 15) is 4.79 Å². The largest absolute Gasteiger partial charge is 0.444 e. The molecule has 0 aliphatic carbocycles. The molecule has 0 saturated carbocycles. The van der Waals surface area contributed by atoms with Gasteiger partial charge in [-0.2, -0.15) is 5.10 Å². The molecule has 5 nitrogen and oxygen atoms in total. The van der Waals surface area contributed by atoms with E-state index < -0.39 is 5.60 Å². The van der Waals surface area contributed by atoms with E-state index in [0.717, 1.165) is 3.57 Å². The number of likely N-dealkylation sites (tertiary alicyclic amines) is 1. The van der Waals surface area contributed by atoms with Gasteiger partial charge < -0.3 is 9.64 Å². The third-order valence-corrected chi connectivity index (χ3v) is 3.02. The van der Waals surface area contributed by atoms with Crippen LogP contribution >= 0.6 is 22.6 Å². The molecule has 1 aromatic rings. The molecule has 1 amide bonds. The fraction of sp³-hybridized carbons (Fsp3) is 0.636. The standard InChI is InChI=1S/C11H16IN3O2/c1-11(2,3)17-10(16)14-6-9(7-14)15-5-8(12)4-13-15/h4-5,9H,6-7H2,1-3H3. The first-order chi connectivity index (χ1) is 7.85. The smallest absolute Gasteiger partial charge is 0.410 e. The van der Waals surface area contributed by atoms with E-state index in [4.69, 9.17) is 4.74 Å². The molecule has 1 aliphatic rings. The molecule has 0 radical (unpaired) electrons. The fourth-order valence-electron chi connectivity index (χ4n) is 1.61. The molecular formula is C11H16IN3O2. The second-order valence-corrected chi connectivity index (χ2v) is 6.42. The van der Waals surface area contributed by atoms with E-state index >= 15 is 0 Å². The summed E-state index contributed by atoms with van der Waals surface area (Å²) in [4.78, 5) is 13.4. The summed E-state index contributed by atoms with van der Waals surface area (Å²) >= 11 is 2.22. The summed E-state index contributed by atoms with van der Waals surface area (Å²) in [6, 6.07) is 0.283. The zero-order valence-corrected chi connectivity index (χ0v) is 12.3. The van der Waals surface area contributed by atoms with Crippen molar-refractivity contribution in [2.45, 2.75) is 32.4 Å². The van der Waals surface area contributed by atoms with Gasteiger partial charge in [0.2, 0.25) is 0 Å². The molecule has 0 atom stereocenters. The van der Waals surface area contributed by atoms with Crippen LogP contribution in [-0.4, -0.2) is 39.5 Å². The lowest BCUT2D eigenvalue weighted by Crippen LogP contribution is -2.52. The van der Waals surface area contributed by atoms with Gasteiger partial charge in [0.1, 0.15) is 5.60 Å². The normalized spacial score (nSPS) is 16.8. The maximum absolute atomic E-state index is 11.7. The van der Waals surface area contributed by atoms with E-state index in [1.165, 1.54) is 0 Å². The Hall–Kier alpha value is -0.790. The number of aromatic nitrogens is 2. The first-order valence-corrected chi connectivity index (χ1v) is 6.60. The lowest BCUT2D eigenvalue weighted by molar-refractivity contribution is -0.000395. The topological polar surface area (TPSA) is 47.4 Å². The molecule has 1 aliphatic heterocycles. The molecule has 0 bridgehead atoms. The van der Waals surface area contributed by atoms with Gasteiger partial charge in [0, 0.05) is 19.3 Å². The number of hydrogen-bond donors (Lipinski definition) is 0. The molecule has 0 N–H and O–H groups in total. The van der Waals surface area contributed by atoms with Crippen molar-refractivity contribution in [3.63, 3.8) is 0 Å². The van der Waals surface area contributed by atoms with Crippen LogP contribution in [0.3, 0.4) is 0 Å². The second-order valence-electron chi connectivity index (χ2n) is 5.18. The summed E-state index contributed by atoms with van der Waals surface area (Å²) in [5.74, 6) is 0. The van der Waals surface area contributed by atoms with Crippen molar-refractivity contribution in [1.29, 1.82) is 0 Å². The fourth-order valence-corrected chi connectivity index (χ4v) is 2.02. The van der Waals surface area contributed by atoms with Crippen molar-refractivity contribution in [2.75, 3.05) is 13.1 Å². The van der Waals surface area contributed by atoms with Crippen LogP contribution < -0.4 is 0 Å². The summed E-state index contributed by atoms with van der Waals surface area (Å²) in [5, 5.41) is 4.24. The zero-order chi connectivity index (χ0) is 12.6. The number of carbonyl (C=O) groups is 1. The second kappa shape index (κ2) is 4.47. The number of nitrogens with zero attached hydrogens (tertiary/aromatic N) is 3. The number of amides is 1. The molecule has 1 saturated heterocycles. The highest BCUT2D eigenvalue weighted by atomic mass is 127. The Bertz CT molecular complexity index is 419. The van der Waals surface area contributed by atoms with Crippen molar-refractivity contribution in [1.82, 2.24) is 14.7 Å². The van der Waals surface area contributed by atoms with Crippen LogP contribution in [0.15, 0.2) is 12.4 Å². The Morgan fingerprint density at radius 1 is 1.53 bits per heavy atom. The molecule has 2 rings (SSSR count). The van der Waals surface area contributed by atoms with E-state index in [1.807, 2.05) is 37.8 Å². The van der Waals surface area contributed by atoms with Gasteiger partial charge >= 0.3 is 6.09 Å². The molecule has 94 valence electrons. The summed E-state index contributed by atoms with van der Waals surface area (Å²) in [6.07, 6.45) is 3.56. The number of ether oxygens (including phenoxy) is 1. The highest BCUT2D eigenvalue weighted by Crippen LogP contribution is 2.23. The molecule has 1 fully saturated rings. The van der Waals surface area contributed by atoms with E-state index in [2.05, 4.69) is 27.7 Å². The molecule has 17 heavy (non-hydrogen) atoms. The third-order valence-electron chi connectivity index (χ3n) is 2.46. The van der Waals surface area contributed by atoms with E-state index in [0.29, 0.717) is 13.1 Å². The lowest BCUT2D eigenvalue weighted by atomic mass is 10.1. The van der Waals surface area contributed by atoms with E-state index in [-0.39, 0.29) is 12.1 Å². The van der Waals surface area contributed by atoms with Gasteiger partial charge in [-0.1, -0.05) is 0 Å². The summed E-state index contributed by atoms with van der Waals surface area (Å²) in [5.41, 5.74) is -0.427. The SMILES string of the molecule is CC(C)(C)OC(=O)N1CC(n2cc(I)cn2)C1. The van der Waals surface area contributed by atoms with Gasteiger partial charge in [0.15, 0.2) is 0 Å². The Kier molecular flexibility index (Phi) is 3.33. The van der Waals surface area contributed by atoms with Crippen molar-refractivity contribution >= 4 is 28.7 Å². The first kappa shape index (κ1) is 12.7. The average Bonchev–Trinajstić information content (AvgIpc) is 2.45. The number of rotatable bonds is 1. The Labute approximate surface area is 114 Å². The molecule has 6 heteroatoms. The highest BCUT2D eigenvalue weighted by molar-refractivity contribution is 14.1. The van der Waals surface area contributed by atoms with Crippen LogP contribution in [0.2, 0.25) is 0 Å². The number of carbonyl (C=O) groups excluding carboxylic acids is 1. The number of halogens is 1. The van der Waals surface area contributed by atoms with Crippen LogP contribution in [0.4, 0.5) is 4.79 Å². The molecule has 0 aromatic carbocycles. The van der Waals surface area contributed by atoms with Gasteiger partial charge in [-0.05, 0) is 43.4 Å². The van der Waals surface area contributed by atoms with Crippen LogP contribution in [0.1, 0.15) is 26.8 Å². The molecular weight excluding hydrogens is 333 g/mol. The monoisotopic (exact) mass is 349 g/mol. The van der Waals surface area contributed by atoms with Crippen LogP contribution in [-0.2, 0) is 4.74 Å². The van der Waals surface area contributed by atoms with Gasteiger partial charge in [-0.3, -0.25) is 4.68 Å². The van der Waals surface area contributed by atoms with Crippen molar-refractivity contribution in [3.8, 4) is 0 Å². The third kappa shape index (κ3) is 3.11. The maximum atomic E-state index is 11.7. The Balaban J connectivity index is 1.85. The van der Waals surface area contributed by atoms with Crippen LogP contribution in [0.5, 0.6) is 0 Å². The van der Waals surface area contributed by atoms with Crippen molar-refractivity contribution in [3.05, 3.63) is 16.0 Å². The van der Waals surface area contributed by atoms with Gasteiger partial charge in [0.25, 0.3) is 0 Å². The lowest BCUT2D eigenvalue weighted by Gasteiger charge is -2.39. The Morgan fingerprint density at radius 3 is 2.65 bits per heavy atom. The first-order valence-electron chi connectivity index (χ1n) is 5.53.